The number of rotatable bonds is 3. The first-order valence-corrected chi connectivity index (χ1v) is 9.39. The number of carbonyl (C=O) groups excluding carboxylic acids is 1. The Labute approximate surface area is 134 Å². The highest BCUT2D eigenvalue weighted by Gasteiger charge is 2.34. The molecular weight excluding hydrogens is 304 g/mol. The molecule has 0 spiro atoms. The van der Waals surface area contributed by atoms with Crippen LogP contribution in [0.15, 0.2) is 0 Å². The molecule has 1 aliphatic rings. The van der Waals surface area contributed by atoms with Crippen LogP contribution in [0.1, 0.15) is 54.4 Å². The maximum Gasteiger partial charge on any atom is 0.407 e. The van der Waals surface area contributed by atoms with Crippen LogP contribution >= 0.6 is 0 Å². The van der Waals surface area contributed by atoms with Crippen LogP contribution in [0.2, 0.25) is 0 Å². The molecule has 1 saturated heterocycles. The number of sulfonamides is 1. The van der Waals surface area contributed by atoms with Crippen molar-refractivity contribution in [1.82, 2.24) is 9.62 Å². The molecule has 0 radical (unpaired) electrons. The summed E-state index contributed by atoms with van der Waals surface area (Å²) >= 11 is 0. The average Bonchev–Trinajstić information content (AvgIpc) is 2.26. The van der Waals surface area contributed by atoms with Gasteiger partial charge in [0.25, 0.3) is 0 Å². The van der Waals surface area contributed by atoms with Gasteiger partial charge in [-0.25, -0.2) is 13.2 Å². The zero-order valence-electron chi connectivity index (χ0n) is 14.6. The number of hydrogen-bond acceptors (Lipinski definition) is 4. The van der Waals surface area contributed by atoms with Gasteiger partial charge in [-0.2, -0.15) is 4.31 Å². The molecule has 1 N–H and O–H groups in total. The minimum Gasteiger partial charge on any atom is -0.444 e. The molecule has 0 aromatic heterocycles. The molecule has 22 heavy (non-hydrogen) atoms. The third kappa shape index (κ3) is 6.12. The highest BCUT2D eigenvalue weighted by molar-refractivity contribution is 7.89. The molecule has 7 heteroatoms. The van der Waals surface area contributed by atoms with E-state index in [9.17, 15) is 13.2 Å². The Kier molecular flexibility index (Phi) is 5.89. The second-order valence-electron chi connectivity index (χ2n) is 7.95. The molecular formula is C15H30N2O4S. The largest absolute Gasteiger partial charge is 0.444 e. The van der Waals surface area contributed by atoms with Gasteiger partial charge in [0.05, 0.1) is 11.8 Å². The summed E-state index contributed by atoms with van der Waals surface area (Å²) in [7, 11) is -3.21. The van der Waals surface area contributed by atoms with Crippen LogP contribution in [0, 0.1) is 5.41 Å². The molecule has 0 bridgehead atoms. The summed E-state index contributed by atoms with van der Waals surface area (Å²) in [4.78, 5) is 12.0. The average molecular weight is 334 g/mol. The second-order valence-corrected chi connectivity index (χ2v) is 10.0. The monoisotopic (exact) mass is 334 g/mol. The summed E-state index contributed by atoms with van der Waals surface area (Å²) in [6, 6.07) is -0.310. The summed E-state index contributed by atoms with van der Waals surface area (Å²) in [6.45, 7) is 12.1. The Bertz CT molecular complexity index is 489. The van der Waals surface area contributed by atoms with Crippen LogP contribution < -0.4 is 5.32 Å². The molecule has 130 valence electrons. The smallest absolute Gasteiger partial charge is 0.407 e. The number of ether oxygens (including phenoxy) is 1. The summed E-state index contributed by atoms with van der Waals surface area (Å²) in [5.41, 5.74) is -0.854. The number of hydrogen-bond donors (Lipinski definition) is 1. The van der Waals surface area contributed by atoms with Gasteiger partial charge < -0.3 is 10.1 Å². The molecule has 0 unspecified atom stereocenters. The molecule has 1 amide bonds. The highest BCUT2D eigenvalue weighted by Crippen LogP contribution is 2.23. The lowest BCUT2D eigenvalue weighted by atomic mass is 9.86. The third-order valence-corrected chi connectivity index (χ3v) is 5.50. The van der Waals surface area contributed by atoms with Gasteiger partial charge in [0.15, 0.2) is 0 Å². The Hall–Kier alpha value is -0.820. The number of nitrogens with zero attached hydrogens (tertiary/aromatic N) is 1. The van der Waals surface area contributed by atoms with Crippen LogP contribution in [0.4, 0.5) is 4.79 Å². The molecule has 1 atom stereocenters. The molecule has 1 heterocycles. The van der Waals surface area contributed by atoms with Gasteiger partial charge >= 0.3 is 6.09 Å². The van der Waals surface area contributed by atoms with Gasteiger partial charge in [-0.1, -0.05) is 20.8 Å². The van der Waals surface area contributed by atoms with Crippen molar-refractivity contribution in [3.63, 3.8) is 0 Å². The van der Waals surface area contributed by atoms with Gasteiger partial charge in [-0.15, -0.1) is 0 Å². The van der Waals surface area contributed by atoms with Crippen LogP contribution in [-0.2, 0) is 14.8 Å². The van der Waals surface area contributed by atoms with E-state index < -0.39 is 21.7 Å². The van der Waals surface area contributed by atoms with E-state index in [1.807, 2.05) is 20.8 Å². The fourth-order valence-electron chi connectivity index (χ4n) is 2.24. The molecule has 6 nitrogen and oxygen atoms in total. The van der Waals surface area contributed by atoms with Crippen molar-refractivity contribution in [2.45, 2.75) is 66.0 Å². The summed E-state index contributed by atoms with van der Waals surface area (Å²) < 4.78 is 31.1. The SMILES string of the molecule is CC(C)(C)OC(=O)N[C@@H](CN1CCCCS1(=O)=O)C(C)(C)C. The Morgan fingerprint density at radius 3 is 2.23 bits per heavy atom. The van der Waals surface area contributed by atoms with E-state index in [0.717, 1.165) is 6.42 Å². The fourth-order valence-corrected chi connectivity index (χ4v) is 3.85. The molecule has 0 saturated carbocycles. The normalized spacial score (nSPS) is 21.2. The van der Waals surface area contributed by atoms with Crippen molar-refractivity contribution < 1.29 is 17.9 Å². The van der Waals surface area contributed by atoms with Crippen LogP contribution in [0.5, 0.6) is 0 Å². The quantitative estimate of drug-likeness (QED) is 0.859. The fraction of sp³-hybridized carbons (Fsp3) is 0.933. The maximum atomic E-state index is 12.1. The molecule has 1 aliphatic heterocycles. The number of amides is 1. The Morgan fingerprint density at radius 2 is 1.77 bits per heavy atom. The van der Waals surface area contributed by atoms with Crippen LogP contribution in [-0.4, -0.2) is 49.3 Å². The minimum atomic E-state index is -3.21. The van der Waals surface area contributed by atoms with E-state index in [1.165, 1.54) is 4.31 Å². The molecule has 0 aromatic rings. The van der Waals surface area contributed by atoms with E-state index in [1.54, 1.807) is 20.8 Å². The van der Waals surface area contributed by atoms with E-state index in [4.69, 9.17) is 4.74 Å². The molecule has 1 fully saturated rings. The van der Waals surface area contributed by atoms with Crippen molar-refractivity contribution in [3.05, 3.63) is 0 Å². The van der Waals surface area contributed by atoms with Crippen molar-refractivity contribution in [2.75, 3.05) is 18.8 Å². The third-order valence-electron chi connectivity index (χ3n) is 3.58. The van der Waals surface area contributed by atoms with Gasteiger partial charge in [-0.05, 0) is 39.0 Å². The van der Waals surface area contributed by atoms with Crippen LogP contribution in [0.3, 0.4) is 0 Å². The number of carbonyl (C=O) groups is 1. The number of alkyl carbamates (subject to hydrolysis) is 1. The topological polar surface area (TPSA) is 75.7 Å². The predicted molar refractivity (Wildman–Crippen MR) is 87.2 cm³/mol. The standard InChI is InChI=1S/C15H30N2O4S/c1-14(2,3)12(16-13(18)21-15(4,5)6)11-17-9-7-8-10-22(17,19)20/h12H,7-11H2,1-6H3,(H,16,18)/t12-/m0/s1. The summed E-state index contributed by atoms with van der Waals surface area (Å²) in [6.07, 6.45) is 1.06. The summed E-state index contributed by atoms with van der Waals surface area (Å²) in [5, 5.41) is 2.83. The first-order chi connectivity index (χ1) is 9.81. The van der Waals surface area contributed by atoms with E-state index in [0.29, 0.717) is 13.0 Å². The zero-order chi connectivity index (χ0) is 17.2. The van der Waals surface area contributed by atoms with Gasteiger partial charge in [0.1, 0.15) is 5.60 Å². The lowest BCUT2D eigenvalue weighted by molar-refractivity contribution is 0.0452. The minimum absolute atomic E-state index is 0.191. The van der Waals surface area contributed by atoms with E-state index in [-0.39, 0.29) is 23.8 Å². The van der Waals surface area contributed by atoms with Gasteiger partial charge in [0, 0.05) is 13.1 Å². The Balaban J connectivity index is 2.80. The Morgan fingerprint density at radius 1 is 1.18 bits per heavy atom. The lowest BCUT2D eigenvalue weighted by Crippen LogP contribution is -2.54. The first-order valence-electron chi connectivity index (χ1n) is 7.79. The molecule has 0 aromatic carbocycles. The maximum absolute atomic E-state index is 12.1. The highest BCUT2D eigenvalue weighted by atomic mass is 32.2. The first kappa shape index (κ1) is 19.2. The summed E-state index contributed by atoms with van der Waals surface area (Å²) in [5.74, 6) is 0.191. The molecule has 1 rings (SSSR count). The van der Waals surface area contributed by atoms with Crippen molar-refractivity contribution in [2.24, 2.45) is 5.41 Å². The zero-order valence-corrected chi connectivity index (χ0v) is 15.4. The van der Waals surface area contributed by atoms with Crippen molar-refractivity contribution >= 4 is 16.1 Å². The predicted octanol–water partition coefficient (Wildman–Crippen LogP) is 2.35. The van der Waals surface area contributed by atoms with Crippen molar-refractivity contribution in [1.29, 1.82) is 0 Å². The molecule has 0 aliphatic carbocycles. The van der Waals surface area contributed by atoms with Crippen LogP contribution in [0.25, 0.3) is 0 Å². The van der Waals surface area contributed by atoms with Gasteiger partial charge in [-0.3, -0.25) is 0 Å². The van der Waals surface area contributed by atoms with Gasteiger partial charge in [0.2, 0.25) is 10.0 Å². The van der Waals surface area contributed by atoms with Crippen molar-refractivity contribution in [3.8, 4) is 0 Å². The second kappa shape index (κ2) is 6.74. The van der Waals surface area contributed by atoms with E-state index >= 15 is 0 Å². The number of nitrogens with one attached hydrogen (secondary N) is 1. The lowest BCUT2D eigenvalue weighted by Gasteiger charge is -2.37. The van der Waals surface area contributed by atoms with E-state index in [2.05, 4.69) is 5.32 Å².